The highest BCUT2D eigenvalue weighted by molar-refractivity contribution is 6.14. The summed E-state index contributed by atoms with van der Waals surface area (Å²) in [6.45, 7) is 6.77. The van der Waals surface area contributed by atoms with Crippen LogP contribution < -0.4 is 9.47 Å². The van der Waals surface area contributed by atoms with Crippen molar-refractivity contribution < 1.29 is 24.2 Å². The van der Waals surface area contributed by atoms with E-state index in [0.717, 1.165) is 18.7 Å². The van der Waals surface area contributed by atoms with Gasteiger partial charge in [0.05, 0.1) is 25.8 Å². The van der Waals surface area contributed by atoms with E-state index in [4.69, 9.17) is 9.47 Å². The summed E-state index contributed by atoms with van der Waals surface area (Å²) in [7, 11) is 3.07. The smallest absolute Gasteiger partial charge is 0.290 e. The van der Waals surface area contributed by atoms with E-state index in [0.29, 0.717) is 30.2 Å². The van der Waals surface area contributed by atoms with Crippen molar-refractivity contribution in [2.75, 3.05) is 40.4 Å². The van der Waals surface area contributed by atoms with Crippen LogP contribution in [0.3, 0.4) is 0 Å². The first-order valence-electron chi connectivity index (χ1n) is 11.4. The number of aliphatic hydroxyl groups excluding tert-OH is 1. The topological polar surface area (TPSA) is 79.3 Å². The number of allylic oxidation sites excluding steroid dienone is 1. The van der Waals surface area contributed by atoms with Crippen molar-refractivity contribution in [3.63, 3.8) is 0 Å². The molecular weight excluding hydrogens is 432 g/mol. The van der Waals surface area contributed by atoms with Crippen molar-refractivity contribution in [3.8, 4) is 11.5 Å². The number of amides is 1. The molecule has 1 unspecified atom stereocenters. The third-order valence-electron chi connectivity index (χ3n) is 6.07. The van der Waals surface area contributed by atoms with Crippen molar-refractivity contribution in [1.29, 1.82) is 0 Å². The van der Waals surface area contributed by atoms with Crippen LogP contribution >= 0.6 is 0 Å². The number of methoxy groups -OCH3 is 2. The number of rotatable bonds is 11. The third-order valence-corrected chi connectivity index (χ3v) is 6.07. The molecule has 0 fully saturated rings. The van der Waals surface area contributed by atoms with Gasteiger partial charge in [0.2, 0.25) is 0 Å². The number of ketones is 1. The monoisotopic (exact) mass is 464 g/mol. The predicted molar refractivity (Wildman–Crippen MR) is 132 cm³/mol. The van der Waals surface area contributed by atoms with Crippen molar-refractivity contribution in [2.24, 2.45) is 0 Å². The molecule has 0 bridgehead atoms. The van der Waals surface area contributed by atoms with Crippen molar-refractivity contribution >= 4 is 17.8 Å². The summed E-state index contributed by atoms with van der Waals surface area (Å²) >= 11 is 0. The molecule has 0 saturated heterocycles. The Morgan fingerprint density at radius 1 is 1.06 bits per heavy atom. The fourth-order valence-electron chi connectivity index (χ4n) is 4.12. The number of aliphatic hydroxyl groups is 1. The van der Waals surface area contributed by atoms with Crippen LogP contribution in [-0.4, -0.2) is 67.0 Å². The van der Waals surface area contributed by atoms with Crippen LogP contribution in [0.15, 0.2) is 65.9 Å². The number of carbonyl (C=O) groups excluding carboxylic acids is 2. The van der Waals surface area contributed by atoms with Crippen molar-refractivity contribution in [2.45, 2.75) is 19.9 Å². The molecule has 7 nitrogen and oxygen atoms in total. The zero-order valence-corrected chi connectivity index (χ0v) is 20.2. The van der Waals surface area contributed by atoms with Crippen LogP contribution in [0.1, 0.15) is 31.0 Å². The fourth-order valence-corrected chi connectivity index (χ4v) is 4.12. The Labute approximate surface area is 200 Å². The Balaban J connectivity index is 2.01. The van der Waals surface area contributed by atoms with Gasteiger partial charge in [-0.1, -0.05) is 56.3 Å². The lowest BCUT2D eigenvalue weighted by Gasteiger charge is -2.29. The van der Waals surface area contributed by atoms with Gasteiger partial charge in [-0.15, -0.1) is 0 Å². The van der Waals surface area contributed by atoms with Crippen molar-refractivity contribution in [3.05, 3.63) is 77.1 Å². The molecule has 3 rings (SSSR count). The second kappa shape index (κ2) is 11.5. The number of hydrogen-bond donors (Lipinski definition) is 1. The first kappa shape index (κ1) is 25.1. The number of carbonyl (C=O) groups is 2. The highest BCUT2D eigenvalue weighted by atomic mass is 16.5. The van der Waals surface area contributed by atoms with Crippen LogP contribution in [0.4, 0.5) is 0 Å². The van der Waals surface area contributed by atoms with Gasteiger partial charge in [-0.25, -0.2) is 0 Å². The molecule has 2 aromatic carbocycles. The average Bonchev–Trinajstić information content (AvgIpc) is 3.13. The SMILES string of the molecule is CCN(CC)CCN1C(=O)C(O)=C(C(=O)/C=C/c2ccccc2)C1c1ccc(OC)c(OC)c1. The second-order valence-electron chi connectivity index (χ2n) is 7.91. The standard InChI is InChI=1S/C27H32N2O5/c1-5-28(6-2)16-17-29-25(20-13-15-22(33-3)23(18-20)34-4)24(26(31)27(29)32)21(30)14-12-19-10-8-7-9-11-19/h7-15,18,25,31H,5-6,16-17H2,1-4H3/b14-12+. The summed E-state index contributed by atoms with van der Waals surface area (Å²) in [6.07, 6.45) is 3.08. The average molecular weight is 465 g/mol. The first-order chi connectivity index (χ1) is 16.4. The molecule has 1 atom stereocenters. The summed E-state index contributed by atoms with van der Waals surface area (Å²) in [4.78, 5) is 30.1. The minimum absolute atomic E-state index is 0.0592. The zero-order valence-electron chi connectivity index (χ0n) is 20.2. The van der Waals surface area contributed by atoms with Gasteiger partial charge in [0, 0.05) is 13.1 Å². The Hall–Kier alpha value is -3.58. The van der Waals surface area contributed by atoms with Crippen LogP contribution in [0.2, 0.25) is 0 Å². The zero-order chi connectivity index (χ0) is 24.7. The molecule has 1 aliphatic heterocycles. The minimum Gasteiger partial charge on any atom is -0.503 e. The highest BCUT2D eigenvalue weighted by Gasteiger charge is 2.43. The number of ether oxygens (including phenoxy) is 2. The first-order valence-corrected chi connectivity index (χ1v) is 11.4. The van der Waals surface area contributed by atoms with Gasteiger partial charge in [0.1, 0.15) is 0 Å². The molecule has 7 heteroatoms. The fraction of sp³-hybridized carbons (Fsp3) is 0.333. The number of likely N-dealkylation sites (N-methyl/N-ethyl adjacent to an activating group) is 1. The summed E-state index contributed by atoms with van der Waals surface area (Å²) in [5.74, 6) is -0.463. The van der Waals surface area contributed by atoms with Crippen LogP contribution in [0.25, 0.3) is 6.08 Å². The Bertz CT molecular complexity index is 1070. The van der Waals surface area contributed by atoms with Gasteiger partial charge in [-0.2, -0.15) is 0 Å². The minimum atomic E-state index is -0.740. The molecule has 0 radical (unpaired) electrons. The Morgan fingerprint density at radius 2 is 1.74 bits per heavy atom. The van der Waals surface area contributed by atoms with E-state index < -0.39 is 23.5 Å². The summed E-state index contributed by atoms with van der Waals surface area (Å²) in [5, 5.41) is 10.8. The molecular formula is C27H32N2O5. The molecule has 1 N–H and O–H groups in total. The van der Waals surface area contributed by atoms with Gasteiger partial charge in [0.25, 0.3) is 5.91 Å². The molecule has 0 spiro atoms. The number of benzene rings is 2. The number of nitrogens with zero attached hydrogens (tertiary/aromatic N) is 2. The summed E-state index contributed by atoms with van der Waals surface area (Å²) in [6, 6.07) is 13.9. The lowest BCUT2D eigenvalue weighted by atomic mass is 9.95. The second-order valence-corrected chi connectivity index (χ2v) is 7.91. The molecule has 180 valence electrons. The Morgan fingerprint density at radius 3 is 2.35 bits per heavy atom. The maximum Gasteiger partial charge on any atom is 0.290 e. The van der Waals surface area contributed by atoms with E-state index in [1.165, 1.54) is 13.2 Å². The van der Waals surface area contributed by atoms with E-state index in [1.54, 1.807) is 36.3 Å². The molecule has 1 amide bonds. The van der Waals surface area contributed by atoms with Crippen molar-refractivity contribution in [1.82, 2.24) is 9.80 Å². The van der Waals surface area contributed by atoms with Gasteiger partial charge in [0.15, 0.2) is 23.0 Å². The highest BCUT2D eigenvalue weighted by Crippen LogP contribution is 2.40. The summed E-state index contributed by atoms with van der Waals surface area (Å²) < 4.78 is 10.8. The summed E-state index contributed by atoms with van der Waals surface area (Å²) in [5.41, 5.74) is 1.57. The largest absolute Gasteiger partial charge is 0.503 e. The van der Waals surface area contributed by atoms with E-state index in [2.05, 4.69) is 18.7 Å². The maximum absolute atomic E-state index is 13.3. The molecule has 0 aliphatic carbocycles. The lowest BCUT2D eigenvalue weighted by Crippen LogP contribution is -2.38. The van der Waals surface area contributed by atoms with E-state index in [1.807, 2.05) is 30.3 Å². The molecule has 0 aromatic heterocycles. The molecule has 1 heterocycles. The quantitative estimate of drug-likeness (QED) is 0.506. The van der Waals surface area contributed by atoms with Crippen LogP contribution in [0, 0.1) is 0 Å². The normalized spacial score (nSPS) is 16.1. The molecule has 1 aliphatic rings. The van der Waals surface area contributed by atoms with Gasteiger partial charge in [-0.3, -0.25) is 9.59 Å². The van der Waals surface area contributed by atoms with E-state index >= 15 is 0 Å². The molecule has 34 heavy (non-hydrogen) atoms. The van der Waals surface area contributed by atoms with E-state index in [-0.39, 0.29) is 5.57 Å². The van der Waals surface area contributed by atoms with Crippen LogP contribution in [0.5, 0.6) is 11.5 Å². The predicted octanol–water partition coefficient (Wildman–Crippen LogP) is 4.02. The third kappa shape index (κ3) is 5.31. The van der Waals surface area contributed by atoms with Gasteiger partial charge in [-0.05, 0) is 42.4 Å². The molecule has 2 aromatic rings. The Kier molecular flexibility index (Phi) is 8.49. The number of hydrogen-bond acceptors (Lipinski definition) is 6. The maximum atomic E-state index is 13.3. The van der Waals surface area contributed by atoms with Crippen LogP contribution in [-0.2, 0) is 9.59 Å². The lowest BCUT2D eigenvalue weighted by molar-refractivity contribution is -0.129. The molecule has 0 saturated carbocycles. The van der Waals surface area contributed by atoms with Gasteiger partial charge >= 0.3 is 0 Å². The van der Waals surface area contributed by atoms with Gasteiger partial charge < -0.3 is 24.4 Å². The van der Waals surface area contributed by atoms with E-state index in [9.17, 15) is 14.7 Å².